The molecule has 2 aromatic rings. The molecule has 2 aromatic carbocycles. The molecule has 1 unspecified atom stereocenters. The van der Waals surface area contributed by atoms with E-state index in [1.165, 1.54) is 21.3 Å². The highest BCUT2D eigenvalue weighted by atomic mass is 32.2. The maximum Gasteiger partial charge on any atom is 0.255 e. The summed E-state index contributed by atoms with van der Waals surface area (Å²) in [5.74, 6) is 1.05. The number of hydrogen-bond acceptors (Lipinski definition) is 6. The normalized spacial score (nSPS) is 12.1. The lowest BCUT2D eigenvalue weighted by molar-refractivity contribution is 0.102. The summed E-state index contributed by atoms with van der Waals surface area (Å²) in [7, 11) is 4.53. The molecule has 0 aliphatic carbocycles. The predicted octanol–water partition coefficient (Wildman–Crippen LogP) is 3.84. The molecule has 0 aliphatic rings. The van der Waals surface area contributed by atoms with Crippen LogP contribution >= 0.6 is 0 Å². The molecule has 152 valence electrons. The van der Waals surface area contributed by atoms with Crippen molar-refractivity contribution in [2.45, 2.75) is 25.5 Å². The van der Waals surface area contributed by atoms with E-state index in [-0.39, 0.29) is 10.7 Å². The quantitative estimate of drug-likeness (QED) is 0.679. The van der Waals surface area contributed by atoms with E-state index < -0.39 is 11.4 Å². The van der Waals surface area contributed by atoms with E-state index >= 15 is 0 Å². The van der Waals surface area contributed by atoms with Crippen molar-refractivity contribution < 1.29 is 23.6 Å². The molecule has 7 nitrogen and oxygen atoms in total. The number of carbonyl (C=O) groups excluding carboxylic acids is 1. The van der Waals surface area contributed by atoms with Crippen molar-refractivity contribution in [3.8, 4) is 17.2 Å². The zero-order chi connectivity index (χ0) is 20.9. The van der Waals surface area contributed by atoms with Gasteiger partial charge in [0, 0.05) is 23.4 Å². The third-order valence-electron chi connectivity index (χ3n) is 3.84. The van der Waals surface area contributed by atoms with Crippen molar-refractivity contribution in [1.29, 1.82) is 0 Å². The Bertz CT molecular complexity index is 793. The molecule has 0 saturated heterocycles. The third kappa shape index (κ3) is 5.24. The first-order valence-electron chi connectivity index (χ1n) is 8.59. The molecule has 28 heavy (non-hydrogen) atoms. The molecule has 0 saturated carbocycles. The Hall–Kier alpha value is -2.58. The number of rotatable bonds is 7. The molecule has 2 N–H and O–H groups in total. The summed E-state index contributed by atoms with van der Waals surface area (Å²) in [5, 5.41) is 2.81. The Morgan fingerprint density at radius 1 is 0.929 bits per heavy atom. The Kier molecular flexibility index (Phi) is 7.04. The second kappa shape index (κ2) is 9.07. The van der Waals surface area contributed by atoms with E-state index in [4.69, 9.17) is 14.2 Å². The van der Waals surface area contributed by atoms with Crippen molar-refractivity contribution >= 4 is 28.6 Å². The van der Waals surface area contributed by atoms with Crippen LogP contribution in [-0.4, -0.2) is 36.5 Å². The van der Waals surface area contributed by atoms with E-state index in [0.29, 0.717) is 34.2 Å². The second-order valence-electron chi connectivity index (χ2n) is 6.93. The van der Waals surface area contributed by atoms with Gasteiger partial charge in [0.25, 0.3) is 5.91 Å². The summed E-state index contributed by atoms with van der Waals surface area (Å²) in [6.07, 6.45) is 0. The zero-order valence-electron chi connectivity index (χ0n) is 16.9. The second-order valence-corrected chi connectivity index (χ2v) is 8.89. The van der Waals surface area contributed by atoms with Crippen LogP contribution in [0.4, 0.5) is 11.4 Å². The summed E-state index contributed by atoms with van der Waals surface area (Å²) in [4.78, 5) is 12.6. The number of anilines is 2. The SMILES string of the molecule is COc1cc(NC(=O)c2ccc(N[S+]([O-])C(C)(C)C)cc2)cc(OC)c1OC. The lowest BCUT2D eigenvalue weighted by Gasteiger charge is -2.23. The molecule has 8 heteroatoms. The minimum Gasteiger partial charge on any atom is -0.593 e. The average Bonchev–Trinajstić information content (AvgIpc) is 2.66. The van der Waals surface area contributed by atoms with Crippen LogP contribution in [0.25, 0.3) is 0 Å². The number of amides is 1. The fourth-order valence-electron chi connectivity index (χ4n) is 2.31. The summed E-state index contributed by atoms with van der Waals surface area (Å²) >= 11 is -1.24. The van der Waals surface area contributed by atoms with E-state index in [1.54, 1.807) is 36.4 Å². The molecule has 0 radical (unpaired) electrons. The van der Waals surface area contributed by atoms with Crippen LogP contribution in [0.5, 0.6) is 17.2 Å². The van der Waals surface area contributed by atoms with Gasteiger partial charge in [-0.25, -0.2) is 4.72 Å². The first kappa shape index (κ1) is 21.7. The summed E-state index contributed by atoms with van der Waals surface area (Å²) in [5.41, 5.74) is 1.65. The number of benzene rings is 2. The minimum atomic E-state index is -1.24. The fraction of sp³-hybridized carbons (Fsp3) is 0.350. The van der Waals surface area contributed by atoms with Crippen molar-refractivity contribution in [3.63, 3.8) is 0 Å². The van der Waals surface area contributed by atoms with E-state index in [1.807, 2.05) is 20.8 Å². The molecule has 1 atom stereocenters. The minimum absolute atomic E-state index is 0.294. The van der Waals surface area contributed by atoms with Crippen LogP contribution in [0.1, 0.15) is 31.1 Å². The maximum atomic E-state index is 12.6. The van der Waals surface area contributed by atoms with Crippen LogP contribution in [0.3, 0.4) is 0 Å². The first-order valence-corrected chi connectivity index (χ1v) is 9.74. The van der Waals surface area contributed by atoms with Gasteiger partial charge in [0.05, 0.1) is 38.4 Å². The monoisotopic (exact) mass is 406 g/mol. The van der Waals surface area contributed by atoms with Gasteiger partial charge in [-0.2, -0.15) is 0 Å². The van der Waals surface area contributed by atoms with Gasteiger partial charge in [-0.15, -0.1) is 0 Å². The number of methoxy groups -OCH3 is 3. The topological polar surface area (TPSA) is 91.9 Å². The molecular weight excluding hydrogens is 380 g/mol. The van der Waals surface area contributed by atoms with E-state index in [9.17, 15) is 9.35 Å². The average molecular weight is 407 g/mol. The van der Waals surface area contributed by atoms with Gasteiger partial charge >= 0.3 is 0 Å². The van der Waals surface area contributed by atoms with Crippen molar-refractivity contribution in [2.75, 3.05) is 31.4 Å². The zero-order valence-corrected chi connectivity index (χ0v) is 17.7. The Balaban J connectivity index is 2.15. The van der Waals surface area contributed by atoms with Crippen LogP contribution in [-0.2, 0) is 11.4 Å². The summed E-state index contributed by atoms with van der Waals surface area (Å²) < 4.78 is 30.6. The first-order chi connectivity index (χ1) is 13.2. The molecule has 0 aromatic heterocycles. The largest absolute Gasteiger partial charge is 0.593 e. The van der Waals surface area contributed by atoms with Gasteiger partial charge in [-0.05, 0) is 45.0 Å². The Morgan fingerprint density at radius 2 is 1.46 bits per heavy atom. The predicted molar refractivity (Wildman–Crippen MR) is 112 cm³/mol. The molecule has 1 amide bonds. The van der Waals surface area contributed by atoms with Gasteiger partial charge in [0.1, 0.15) is 4.75 Å². The standard InChI is InChI=1S/C20H26N2O5S/c1-20(2,3)28(24)22-14-9-7-13(8-10-14)19(23)21-15-11-16(25-4)18(27-6)17(12-15)26-5/h7-12,22H,1-6H3,(H,21,23). The summed E-state index contributed by atoms with van der Waals surface area (Å²) in [6, 6.07) is 10.1. The Morgan fingerprint density at radius 3 is 1.89 bits per heavy atom. The highest BCUT2D eigenvalue weighted by Gasteiger charge is 2.26. The third-order valence-corrected chi connectivity index (χ3v) is 5.37. The molecule has 0 heterocycles. The van der Waals surface area contributed by atoms with Crippen molar-refractivity contribution in [3.05, 3.63) is 42.0 Å². The van der Waals surface area contributed by atoms with E-state index in [2.05, 4.69) is 10.0 Å². The number of carbonyl (C=O) groups is 1. The fourth-order valence-corrected chi connectivity index (χ4v) is 2.96. The van der Waals surface area contributed by atoms with Gasteiger partial charge < -0.3 is 24.1 Å². The molecule has 2 rings (SSSR count). The van der Waals surface area contributed by atoms with Crippen LogP contribution < -0.4 is 24.2 Å². The van der Waals surface area contributed by atoms with Crippen LogP contribution in [0.2, 0.25) is 0 Å². The van der Waals surface area contributed by atoms with Gasteiger partial charge in [0.2, 0.25) is 5.75 Å². The lowest BCUT2D eigenvalue weighted by atomic mass is 10.2. The highest BCUT2D eigenvalue weighted by Crippen LogP contribution is 2.40. The lowest BCUT2D eigenvalue weighted by Crippen LogP contribution is -2.33. The smallest absolute Gasteiger partial charge is 0.255 e. The molecule has 0 fully saturated rings. The van der Waals surface area contributed by atoms with Gasteiger partial charge in [0.15, 0.2) is 11.5 Å². The van der Waals surface area contributed by atoms with E-state index in [0.717, 1.165) is 0 Å². The van der Waals surface area contributed by atoms with Crippen molar-refractivity contribution in [1.82, 2.24) is 0 Å². The maximum absolute atomic E-state index is 12.6. The van der Waals surface area contributed by atoms with Crippen LogP contribution in [0, 0.1) is 0 Å². The Labute approximate surface area is 168 Å². The summed E-state index contributed by atoms with van der Waals surface area (Å²) in [6.45, 7) is 5.65. The van der Waals surface area contributed by atoms with Gasteiger partial charge in [-0.1, -0.05) is 0 Å². The highest BCUT2D eigenvalue weighted by molar-refractivity contribution is 7.94. The number of nitrogens with one attached hydrogen (secondary N) is 2. The van der Waals surface area contributed by atoms with Crippen molar-refractivity contribution in [2.24, 2.45) is 0 Å². The molecule has 0 spiro atoms. The molecule has 0 aliphatic heterocycles. The number of ether oxygens (including phenoxy) is 3. The number of hydrogen-bond donors (Lipinski definition) is 2. The van der Waals surface area contributed by atoms with Gasteiger partial charge in [-0.3, -0.25) is 4.79 Å². The molecule has 0 bridgehead atoms. The van der Waals surface area contributed by atoms with Crippen LogP contribution in [0.15, 0.2) is 36.4 Å². The molecular formula is C20H26N2O5S.